The fourth-order valence-corrected chi connectivity index (χ4v) is 3.07. The van der Waals surface area contributed by atoms with E-state index in [1.807, 2.05) is 36.5 Å². The first-order chi connectivity index (χ1) is 13.3. The number of anilines is 2. The number of pyridine rings is 1. The highest BCUT2D eigenvalue weighted by molar-refractivity contribution is 5.91. The molecule has 1 aliphatic carbocycles. The summed E-state index contributed by atoms with van der Waals surface area (Å²) < 4.78 is 31.8. The Labute approximate surface area is 159 Å². The molecule has 28 heavy (non-hydrogen) atoms. The second-order valence-corrected chi connectivity index (χ2v) is 7.24. The number of hydrogen-bond acceptors (Lipinski definition) is 4. The lowest BCUT2D eigenvalue weighted by molar-refractivity contribution is -0.359. The summed E-state index contributed by atoms with van der Waals surface area (Å²) in [6.45, 7) is 1.42. The number of nitrogens with one attached hydrogen (secondary N) is 2. The zero-order valence-corrected chi connectivity index (χ0v) is 15.1. The first-order valence-electron chi connectivity index (χ1n) is 8.78. The van der Waals surface area contributed by atoms with Gasteiger partial charge in [0.1, 0.15) is 0 Å². The number of carbonyl (C=O) groups is 1. The van der Waals surface area contributed by atoms with E-state index >= 15 is 0 Å². The summed E-state index contributed by atoms with van der Waals surface area (Å²) in [7, 11) is 0. The standard InChI is InChI=1S/C20H18F2N4O2/c1-19(11-20(19,21)22)15-9-17(26-28-15)25-18(27)8-12-2-4-13(5-3-12)14-6-7-16(23)24-10-14/h2-7,9-10H,8,11H2,1H3,(H2,23,24)(H,25,26,27)/p+1. The van der Waals surface area contributed by atoms with Gasteiger partial charge < -0.3 is 9.84 Å². The molecule has 1 saturated carbocycles. The molecule has 2 aromatic heterocycles. The Morgan fingerprint density at radius 3 is 2.54 bits per heavy atom. The highest BCUT2D eigenvalue weighted by Gasteiger charge is 2.71. The molecular formula is C20H19F2N4O2+. The fraction of sp³-hybridized carbons (Fsp3) is 0.250. The van der Waals surface area contributed by atoms with E-state index in [2.05, 4.69) is 15.5 Å². The van der Waals surface area contributed by atoms with Gasteiger partial charge in [0.15, 0.2) is 11.6 Å². The molecule has 0 radical (unpaired) electrons. The molecule has 2 heterocycles. The lowest BCUT2D eigenvalue weighted by atomic mass is 10.0. The van der Waals surface area contributed by atoms with Crippen LogP contribution < -0.4 is 16.0 Å². The molecule has 1 aromatic carbocycles. The summed E-state index contributed by atoms with van der Waals surface area (Å²) in [4.78, 5) is 15.2. The SMILES string of the molecule is CC1(c2cc(NC(=O)Cc3ccc(-c4ccc(N)[nH+]c4)cc3)no2)CC1(F)F. The number of rotatable bonds is 5. The van der Waals surface area contributed by atoms with Crippen molar-refractivity contribution in [2.45, 2.75) is 31.1 Å². The van der Waals surface area contributed by atoms with E-state index in [1.165, 1.54) is 13.0 Å². The summed E-state index contributed by atoms with van der Waals surface area (Å²) in [6, 6.07) is 12.6. The Morgan fingerprint density at radius 1 is 1.25 bits per heavy atom. The molecule has 3 aromatic rings. The lowest BCUT2D eigenvalue weighted by Crippen LogP contribution is -2.14. The number of nitrogens with zero attached hydrogens (tertiary/aromatic N) is 1. The van der Waals surface area contributed by atoms with Gasteiger partial charge in [-0.05, 0) is 24.1 Å². The monoisotopic (exact) mass is 385 g/mol. The first kappa shape index (κ1) is 18.1. The molecule has 8 heteroatoms. The number of benzene rings is 1. The molecule has 0 spiro atoms. The molecule has 0 aliphatic heterocycles. The van der Waals surface area contributed by atoms with Crippen LogP contribution in [0.3, 0.4) is 0 Å². The van der Waals surface area contributed by atoms with Crippen molar-refractivity contribution < 1.29 is 23.1 Å². The molecule has 1 atom stereocenters. The highest BCUT2D eigenvalue weighted by atomic mass is 19.3. The van der Waals surface area contributed by atoms with Gasteiger partial charge >= 0.3 is 0 Å². The Bertz CT molecular complexity index is 1020. The van der Waals surface area contributed by atoms with Crippen molar-refractivity contribution in [1.29, 1.82) is 0 Å². The van der Waals surface area contributed by atoms with Gasteiger partial charge in [-0.1, -0.05) is 29.4 Å². The molecule has 1 aliphatic rings. The molecule has 144 valence electrons. The molecule has 0 saturated heterocycles. The van der Waals surface area contributed by atoms with Crippen molar-refractivity contribution in [3.05, 3.63) is 60.0 Å². The number of halogens is 2. The van der Waals surface area contributed by atoms with Crippen LogP contribution in [0.25, 0.3) is 11.1 Å². The van der Waals surface area contributed by atoms with Crippen molar-refractivity contribution in [2.24, 2.45) is 0 Å². The normalized spacial score (nSPS) is 20.0. The zero-order valence-electron chi connectivity index (χ0n) is 15.1. The van der Waals surface area contributed by atoms with Crippen LogP contribution in [0, 0.1) is 0 Å². The van der Waals surface area contributed by atoms with Gasteiger partial charge in [0.2, 0.25) is 5.91 Å². The second-order valence-electron chi connectivity index (χ2n) is 7.24. The smallest absolute Gasteiger partial charge is 0.270 e. The number of aromatic amines is 1. The average molecular weight is 385 g/mol. The third-order valence-corrected chi connectivity index (χ3v) is 5.07. The number of aromatic nitrogens is 2. The number of nitrogens with two attached hydrogens (primary N) is 1. The summed E-state index contributed by atoms with van der Waals surface area (Å²) in [5.74, 6) is -2.30. The number of alkyl halides is 2. The largest absolute Gasteiger partial charge is 0.358 e. The number of nitrogen functional groups attached to an aromatic ring is 1. The summed E-state index contributed by atoms with van der Waals surface area (Å²) in [6.07, 6.45) is 1.66. The van der Waals surface area contributed by atoms with Crippen molar-refractivity contribution >= 4 is 17.5 Å². The van der Waals surface area contributed by atoms with Gasteiger partial charge in [0.05, 0.1) is 18.0 Å². The van der Waals surface area contributed by atoms with Crippen LogP contribution in [0.4, 0.5) is 20.4 Å². The maximum absolute atomic E-state index is 13.4. The topological polar surface area (TPSA) is 95.3 Å². The van der Waals surface area contributed by atoms with Crippen LogP contribution in [0.2, 0.25) is 0 Å². The van der Waals surface area contributed by atoms with E-state index in [-0.39, 0.29) is 30.3 Å². The van der Waals surface area contributed by atoms with E-state index in [9.17, 15) is 13.6 Å². The summed E-state index contributed by atoms with van der Waals surface area (Å²) in [5, 5.41) is 6.26. The average Bonchev–Trinajstić information content (AvgIpc) is 2.96. The quantitative estimate of drug-likeness (QED) is 0.705. The molecule has 4 rings (SSSR count). The first-order valence-corrected chi connectivity index (χ1v) is 8.78. The number of hydrogen-bond donors (Lipinski definition) is 2. The van der Waals surface area contributed by atoms with Gasteiger partial charge in [-0.25, -0.2) is 13.8 Å². The van der Waals surface area contributed by atoms with E-state index in [0.29, 0.717) is 5.82 Å². The van der Waals surface area contributed by atoms with Crippen LogP contribution in [-0.2, 0) is 16.6 Å². The van der Waals surface area contributed by atoms with E-state index < -0.39 is 11.3 Å². The van der Waals surface area contributed by atoms with Gasteiger partial charge in [0, 0.05) is 24.1 Å². The Morgan fingerprint density at radius 2 is 1.93 bits per heavy atom. The van der Waals surface area contributed by atoms with E-state index in [4.69, 9.17) is 10.3 Å². The van der Waals surface area contributed by atoms with Crippen molar-refractivity contribution in [2.75, 3.05) is 11.1 Å². The van der Waals surface area contributed by atoms with Crippen LogP contribution in [-0.4, -0.2) is 17.0 Å². The molecule has 0 bridgehead atoms. The molecule has 1 fully saturated rings. The molecule has 1 unspecified atom stereocenters. The second kappa shape index (κ2) is 6.40. The van der Waals surface area contributed by atoms with E-state index in [1.54, 1.807) is 6.07 Å². The number of amides is 1. The van der Waals surface area contributed by atoms with Crippen LogP contribution in [0.15, 0.2) is 53.2 Å². The van der Waals surface area contributed by atoms with Gasteiger partial charge in [-0.3, -0.25) is 10.5 Å². The molecule has 4 N–H and O–H groups in total. The van der Waals surface area contributed by atoms with Crippen LogP contribution >= 0.6 is 0 Å². The van der Waals surface area contributed by atoms with Gasteiger partial charge in [0.25, 0.3) is 11.7 Å². The third kappa shape index (κ3) is 3.33. The van der Waals surface area contributed by atoms with Crippen molar-refractivity contribution in [3.8, 4) is 11.1 Å². The maximum atomic E-state index is 13.4. The molecular weight excluding hydrogens is 366 g/mol. The van der Waals surface area contributed by atoms with Gasteiger partial charge in [-0.15, -0.1) is 0 Å². The van der Waals surface area contributed by atoms with Gasteiger partial charge in [-0.2, -0.15) is 0 Å². The van der Waals surface area contributed by atoms with E-state index in [0.717, 1.165) is 16.7 Å². The van der Waals surface area contributed by atoms with Crippen LogP contribution in [0.1, 0.15) is 24.7 Å². The Kier molecular flexibility index (Phi) is 4.14. The predicted molar refractivity (Wildman–Crippen MR) is 98.6 cm³/mol. The number of carbonyl (C=O) groups excluding carboxylic acids is 1. The highest BCUT2D eigenvalue weighted by Crippen LogP contribution is 2.61. The summed E-state index contributed by atoms with van der Waals surface area (Å²) >= 11 is 0. The summed E-state index contributed by atoms with van der Waals surface area (Å²) in [5.41, 5.74) is 7.08. The Balaban J connectivity index is 1.38. The van der Waals surface area contributed by atoms with Crippen molar-refractivity contribution in [1.82, 2.24) is 5.16 Å². The fourth-order valence-electron chi connectivity index (χ4n) is 3.07. The molecule has 1 amide bonds. The minimum atomic E-state index is -2.79. The Hall–Kier alpha value is -3.29. The third-order valence-electron chi connectivity index (χ3n) is 5.07. The zero-order chi connectivity index (χ0) is 19.9. The van der Waals surface area contributed by atoms with Crippen LogP contribution in [0.5, 0.6) is 0 Å². The minimum Gasteiger partial charge on any atom is -0.358 e. The number of H-pyrrole nitrogens is 1. The minimum absolute atomic E-state index is 0.0810. The lowest BCUT2D eigenvalue weighted by Gasteiger charge is -2.04. The van der Waals surface area contributed by atoms with Crippen molar-refractivity contribution in [3.63, 3.8) is 0 Å². The molecule has 6 nitrogen and oxygen atoms in total. The predicted octanol–water partition coefficient (Wildman–Crippen LogP) is 3.22. The maximum Gasteiger partial charge on any atom is 0.270 e.